The number of hydrogen-bond acceptors (Lipinski definition) is 6. The summed E-state index contributed by atoms with van der Waals surface area (Å²) >= 11 is 0. The van der Waals surface area contributed by atoms with Crippen molar-refractivity contribution in [2.45, 2.75) is 40.3 Å². The van der Waals surface area contributed by atoms with Crippen LogP contribution in [0.5, 0.6) is 0 Å². The molecule has 8 nitrogen and oxygen atoms in total. The number of fused-ring (bicyclic) bond motifs is 1. The minimum atomic E-state index is -0.516. The number of aromatic nitrogens is 2. The van der Waals surface area contributed by atoms with E-state index in [0.717, 1.165) is 29.0 Å². The summed E-state index contributed by atoms with van der Waals surface area (Å²) in [6.45, 7) is 6.77. The zero-order chi connectivity index (χ0) is 24.9. The first kappa shape index (κ1) is 24.1. The Labute approximate surface area is 204 Å². The predicted octanol–water partition coefficient (Wildman–Crippen LogP) is 5.70. The highest BCUT2D eigenvalue weighted by Gasteiger charge is 2.25. The quantitative estimate of drug-likeness (QED) is 0.302. The number of esters is 1. The lowest BCUT2D eigenvalue weighted by Gasteiger charge is -2.12. The Morgan fingerprint density at radius 2 is 1.97 bits per heavy atom. The van der Waals surface area contributed by atoms with Crippen LogP contribution in [0, 0.1) is 5.92 Å². The molecular formula is C27H30N4O4. The molecule has 182 valence electrons. The summed E-state index contributed by atoms with van der Waals surface area (Å²) < 4.78 is 12.5. The fraction of sp³-hybridized carbons (Fsp3) is 0.296. The molecule has 0 spiro atoms. The second-order valence-corrected chi connectivity index (χ2v) is 8.81. The number of hydrogen-bond donors (Lipinski definition) is 2. The molecule has 0 unspecified atom stereocenters. The van der Waals surface area contributed by atoms with Gasteiger partial charge in [-0.05, 0) is 36.1 Å². The largest absolute Gasteiger partial charge is 0.464 e. The van der Waals surface area contributed by atoms with E-state index in [0.29, 0.717) is 41.4 Å². The van der Waals surface area contributed by atoms with E-state index in [2.05, 4.69) is 29.5 Å². The molecule has 3 aromatic heterocycles. The number of nitrogens with zero attached hydrogens (tertiary/aromatic N) is 2. The van der Waals surface area contributed by atoms with E-state index >= 15 is 0 Å². The Kier molecular flexibility index (Phi) is 7.19. The lowest BCUT2D eigenvalue weighted by atomic mass is 10.1. The second-order valence-electron chi connectivity index (χ2n) is 8.81. The maximum atomic E-state index is 12.7. The van der Waals surface area contributed by atoms with Crippen molar-refractivity contribution in [1.82, 2.24) is 9.55 Å². The standard InChI is InChI=1S/C27H30N4O4/c1-17(2)11-12-31-25(27(33)34-4)24(30-18(3)32)22-14-20(16-29-26(22)31)28-15-19-8-5-6-9-21(19)23-10-7-13-35-23/h5-10,13-14,16-17,28H,11-12,15H2,1-4H3,(H,30,32). The molecule has 8 heteroatoms. The van der Waals surface area contributed by atoms with Crippen LogP contribution in [0.3, 0.4) is 0 Å². The van der Waals surface area contributed by atoms with Gasteiger partial charge in [0.15, 0.2) is 5.69 Å². The molecule has 0 bridgehead atoms. The van der Waals surface area contributed by atoms with Crippen molar-refractivity contribution in [3.8, 4) is 11.3 Å². The van der Waals surface area contributed by atoms with Gasteiger partial charge in [-0.1, -0.05) is 38.1 Å². The van der Waals surface area contributed by atoms with Gasteiger partial charge in [-0.3, -0.25) is 4.79 Å². The van der Waals surface area contributed by atoms with Crippen LogP contribution in [-0.2, 0) is 22.6 Å². The van der Waals surface area contributed by atoms with Gasteiger partial charge < -0.3 is 24.4 Å². The zero-order valence-corrected chi connectivity index (χ0v) is 20.4. The number of carbonyl (C=O) groups is 2. The van der Waals surface area contributed by atoms with E-state index < -0.39 is 5.97 Å². The predicted molar refractivity (Wildman–Crippen MR) is 136 cm³/mol. The minimum Gasteiger partial charge on any atom is -0.464 e. The molecule has 0 aliphatic rings. The number of rotatable bonds is 9. The number of furan rings is 1. The van der Waals surface area contributed by atoms with Gasteiger partial charge in [-0.15, -0.1) is 0 Å². The maximum absolute atomic E-state index is 12.7. The third kappa shape index (κ3) is 5.21. The lowest BCUT2D eigenvalue weighted by Crippen LogP contribution is -2.16. The van der Waals surface area contributed by atoms with Gasteiger partial charge >= 0.3 is 5.97 Å². The van der Waals surface area contributed by atoms with Crippen LogP contribution in [0.25, 0.3) is 22.4 Å². The third-order valence-electron chi connectivity index (χ3n) is 5.80. The van der Waals surface area contributed by atoms with E-state index in [1.54, 1.807) is 12.5 Å². The number of benzene rings is 1. The molecule has 0 saturated heterocycles. The van der Waals surface area contributed by atoms with Crippen molar-refractivity contribution in [2.24, 2.45) is 5.92 Å². The molecule has 4 aromatic rings. The van der Waals surface area contributed by atoms with Crippen molar-refractivity contribution < 1.29 is 18.7 Å². The molecular weight excluding hydrogens is 444 g/mol. The Hall–Kier alpha value is -4.07. The molecule has 0 atom stereocenters. The van der Waals surface area contributed by atoms with Crippen molar-refractivity contribution in [3.63, 3.8) is 0 Å². The SMILES string of the molecule is COC(=O)c1c(NC(C)=O)c2cc(NCc3ccccc3-c3ccco3)cnc2n1CCC(C)C. The number of carbonyl (C=O) groups excluding carboxylic acids is 2. The van der Waals surface area contributed by atoms with E-state index in [4.69, 9.17) is 9.15 Å². The Bertz CT molecular complexity index is 1340. The molecule has 35 heavy (non-hydrogen) atoms. The smallest absolute Gasteiger partial charge is 0.356 e. The zero-order valence-electron chi connectivity index (χ0n) is 20.4. The number of pyridine rings is 1. The summed E-state index contributed by atoms with van der Waals surface area (Å²) in [5.74, 6) is 0.437. The third-order valence-corrected chi connectivity index (χ3v) is 5.80. The summed E-state index contributed by atoms with van der Waals surface area (Å²) in [6, 6.07) is 13.7. The van der Waals surface area contributed by atoms with Gasteiger partial charge in [0.1, 0.15) is 11.4 Å². The molecule has 0 saturated carbocycles. The average Bonchev–Trinajstić information content (AvgIpc) is 3.48. The van der Waals surface area contributed by atoms with E-state index in [1.165, 1.54) is 14.0 Å². The topological polar surface area (TPSA) is 98.4 Å². The first-order valence-corrected chi connectivity index (χ1v) is 11.6. The molecule has 1 aromatic carbocycles. The van der Waals surface area contributed by atoms with Crippen LogP contribution in [0.1, 0.15) is 43.2 Å². The summed E-state index contributed by atoms with van der Waals surface area (Å²) in [6.07, 6.45) is 4.24. The van der Waals surface area contributed by atoms with Crippen LogP contribution in [0.4, 0.5) is 11.4 Å². The van der Waals surface area contributed by atoms with Gasteiger partial charge in [0, 0.05) is 31.0 Å². The van der Waals surface area contributed by atoms with Crippen LogP contribution < -0.4 is 10.6 Å². The van der Waals surface area contributed by atoms with Crippen LogP contribution >= 0.6 is 0 Å². The molecule has 1 amide bonds. The Balaban J connectivity index is 1.72. The number of aryl methyl sites for hydroxylation is 1. The van der Waals surface area contributed by atoms with Crippen LogP contribution in [-0.4, -0.2) is 28.5 Å². The number of amides is 1. The Morgan fingerprint density at radius 1 is 1.17 bits per heavy atom. The maximum Gasteiger partial charge on any atom is 0.356 e. The Morgan fingerprint density at radius 3 is 2.66 bits per heavy atom. The molecule has 0 aliphatic heterocycles. The number of nitrogens with one attached hydrogen (secondary N) is 2. The van der Waals surface area contributed by atoms with Crippen LogP contribution in [0.15, 0.2) is 59.3 Å². The summed E-state index contributed by atoms with van der Waals surface area (Å²) in [5, 5.41) is 6.92. The van der Waals surface area contributed by atoms with Crippen molar-refractivity contribution >= 4 is 34.3 Å². The van der Waals surface area contributed by atoms with E-state index in [1.807, 2.05) is 47.0 Å². The van der Waals surface area contributed by atoms with Crippen molar-refractivity contribution in [2.75, 3.05) is 17.7 Å². The summed E-state index contributed by atoms with van der Waals surface area (Å²) in [5.41, 5.74) is 4.16. The number of anilines is 2. The first-order chi connectivity index (χ1) is 16.9. The summed E-state index contributed by atoms with van der Waals surface area (Å²) in [7, 11) is 1.33. The molecule has 0 aliphatic carbocycles. The number of ether oxygens (including phenoxy) is 1. The van der Waals surface area contributed by atoms with Gasteiger partial charge in [0.05, 0.1) is 30.9 Å². The summed E-state index contributed by atoms with van der Waals surface area (Å²) in [4.78, 5) is 29.4. The van der Waals surface area contributed by atoms with E-state index in [-0.39, 0.29) is 5.91 Å². The molecule has 2 N–H and O–H groups in total. The molecule has 0 radical (unpaired) electrons. The normalized spacial score (nSPS) is 11.1. The molecule has 3 heterocycles. The van der Waals surface area contributed by atoms with Gasteiger partial charge in [-0.2, -0.15) is 0 Å². The first-order valence-electron chi connectivity index (χ1n) is 11.6. The number of methoxy groups -OCH3 is 1. The van der Waals surface area contributed by atoms with Crippen molar-refractivity contribution in [1.29, 1.82) is 0 Å². The van der Waals surface area contributed by atoms with Gasteiger partial charge in [0.25, 0.3) is 0 Å². The van der Waals surface area contributed by atoms with Gasteiger partial charge in [-0.25, -0.2) is 9.78 Å². The van der Waals surface area contributed by atoms with Gasteiger partial charge in [0.2, 0.25) is 5.91 Å². The monoisotopic (exact) mass is 474 g/mol. The molecule has 0 fully saturated rings. The van der Waals surface area contributed by atoms with Crippen LogP contribution in [0.2, 0.25) is 0 Å². The molecule has 4 rings (SSSR count). The average molecular weight is 475 g/mol. The lowest BCUT2D eigenvalue weighted by molar-refractivity contribution is -0.114. The highest BCUT2D eigenvalue weighted by Crippen LogP contribution is 2.33. The van der Waals surface area contributed by atoms with E-state index in [9.17, 15) is 9.59 Å². The minimum absolute atomic E-state index is 0.274. The fourth-order valence-electron chi connectivity index (χ4n) is 4.08. The highest BCUT2D eigenvalue weighted by atomic mass is 16.5. The highest BCUT2D eigenvalue weighted by molar-refractivity contribution is 6.10. The second kappa shape index (κ2) is 10.5. The fourth-order valence-corrected chi connectivity index (χ4v) is 4.08. The van der Waals surface area contributed by atoms with Crippen molar-refractivity contribution in [3.05, 3.63) is 66.2 Å².